The minimum Gasteiger partial charge on any atom is -0.497 e. The Morgan fingerprint density at radius 2 is 2.11 bits per heavy atom. The molecular formula is C13H19N5O. The van der Waals surface area contributed by atoms with Gasteiger partial charge in [-0.2, -0.15) is 0 Å². The van der Waals surface area contributed by atoms with Crippen molar-refractivity contribution in [3.63, 3.8) is 0 Å². The van der Waals surface area contributed by atoms with Crippen LogP contribution in [0.15, 0.2) is 18.2 Å². The van der Waals surface area contributed by atoms with Crippen LogP contribution in [-0.2, 0) is 6.54 Å². The molecule has 0 spiro atoms. The summed E-state index contributed by atoms with van der Waals surface area (Å²) in [5.41, 5.74) is 7.54. The van der Waals surface area contributed by atoms with Gasteiger partial charge in [0.1, 0.15) is 5.75 Å². The van der Waals surface area contributed by atoms with Gasteiger partial charge in [-0.15, -0.1) is 10.2 Å². The summed E-state index contributed by atoms with van der Waals surface area (Å²) < 4.78 is 7.15. The summed E-state index contributed by atoms with van der Waals surface area (Å²) in [6, 6.07) is 5.56. The Morgan fingerprint density at radius 3 is 2.68 bits per heavy atom. The zero-order valence-corrected chi connectivity index (χ0v) is 11.5. The van der Waals surface area contributed by atoms with Crippen molar-refractivity contribution in [2.45, 2.75) is 20.4 Å². The second-order valence-corrected chi connectivity index (χ2v) is 4.07. The predicted octanol–water partition coefficient (Wildman–Crippen LogP) is 1.99. The maximum atomic E-state index is 6.05. The molecular weight excluding hydrogens is 242 g/mol. The fourth-order valence-electron chi connectivity index (χ4n) is 1.96. The van der Waals surface area contributed by atoms with Crippen LogP contribution in [0.2, 0.25) is 0 Å². The minimum absolute atomic E-state index is 0.629. The topological polar surface area (TPSA) is 78.0 Å². The number of nitrogen functional groups attached to an aromatic ring is 1. The van der Waals surface area contributed by atoms with E-state index in [4.69, 9.17) is 10.5 Å². The monoisotopic (exact) mass is 261 g/mol. The third-order valence-electron chi connectivity index (χ3n) is 2.90. The van der Waals surface area contributed by atoms with E-state index in [1.807, 2.05) is 30.5 Å². The first kappa shape index (κ1) is 13.2. The summed E-state index contributed by atoms with van der Waals surface area (Å²) in [6.45, 7) is 5.65. The number of benzene rings is 1. The lowest BCUT2D eigenvalue weighted by Crippen LogP contribution is -2.07. The van der Waals surface area contributed by atoms with Gasteiger partial charge in [0.2, 0.25) is 5.95 Å². The standard InChI is InChI=1S/C13H19N5O/c1-4-15-13-17-16-12(18(13)5-2)10-7-6-9(19-3)8-11(10)14/h6-8H,4-5,14H2,1-3H3,(H,15,17). The molecule has 1 heterocycles. The largest absolute Gasteiger partial charge is 0.497 e. The zero-order chi connectivity index (χ0) is 13.8. The summed E-state index contributed by atoms with van der Waals surface area (Å²) in [4.78, 5) is 0. The average molecular weight is 261 g/mol. The zero-order valence-electron chi connectivity index (χ0n) is 11.5. The van der Waals surface area contributed by atoms with E-state index in [2.05, 4.69) is 15.5 Å². The SMILES string of the molecule is CCNc1nnc(-c2ccc(OC)cc2N)n1CC. The molecule has 0 radical (unpaired) electrons. The highest BCUT2D eigenvalue weighted by molar-refractivity contribution is 5.73. The van der Waals surface area contributed by atoms with Crippen LogP contribution < -0.4 is 15.8 Å². The number of nitrogens with zero attached hydrogens (tertiary/aromatic N) is 3. The fourth-order valence-corrected chi connectivity index (χ4v) is 1.96. The van der Waals surface area contributed by atoms with Crippen molar-refractivity contribution >= 4 is 11.6 Å². The Morgan fingerprint density at radius 1 is 1.32 bits per heavy atom. The van der Waals surface area contributed by atoms with Crippen LogP contribution in [0.5, 0.6) is 5.75 Å². The lowest BCUT2D eigenvalue weighted by Gasteiger charge is -2.10. The van der Waals surface area contributed by atoms with Crippen LogP contribution >= 0.6 is 0 Å². The Hall–Kier alpha value is -2.24. The van der Waals surface area contributed by atoms with Gasteiger partial charge in [-0.3, -0.25) is 4.57 Å². The average Bonchev–Trinajstić information content (AvgIpc) is 2.81. The van der Waals surface area contributed by atoms with Crippen LogP contribution in [0.3, 0.4) is 0 Å². The van der Waals surface area contributed by atoms with E-state index < -0.39 is 0 Å². The first-order valence-electron chi connectivity index (χ1n) is 6.32. The van der Waals surface area contributed by atoms with Gasteiger partial charge in [-0.05, 0) is 26.0 Å². The first-order valence-corrected chi connectivity index (χ1v) is 6.32. The minimum atomic E-state index is 0.629. The maximum Gasteiger partial charge on any atom is 0.224 e. The first-order chi connectivity index (χ1) is 9.21. The number of methoxy groups -OCH3 is 1. The smallest absolute Gasteiger partial charge is 0.224 e. The molecule has 0 aliphatic heterocycles. The molecule has 1 aromatic heterocycles. The molecule has 1 aromatic carbocycles. The number of aromatic nitrogens is 3. The van der Waals surface area contributed by atoms with Crippen molar-refractivity contribution < 1.29 is 4.74 Å². The van der Waals surface area contributed by atoms with Crippen LogP contribution in [0.4, 0.5) is 11.6 Å². The number of anilines is 2. The van der Waals surface area contributed by atoms with Crippen molar-refractivity contribution in [2.75, 3.05) is 24.7 Å². The third-order valence-corrected chi connectivity index (χ3v) is 2.90. The number of ether oxygens (including phenoxy) is 1. The van der Waals surface area contributed by atoms with Gasteiger partial charge in [-0.1, -0.05) is 0 Å². The van der Waals surface area contributed by atoms with E-state index in [9.17, 15) is 0 Å². The molecule has 2 aromatic rings. The summed E-state index contributed by atoms with van der Waals surface area (Å²) in [5.74, 6) is 2.25. The molecule has 102 valence electrons. The molecule has 0 atom stereocenters. The Labute approximate surface area is 112 Å². The van der Waals surface area contributed by atoms with Gasteiger partial charge in [0, 0.05) is 30.4 Å². The number of rotatable bonds is 5. The molecule has 0 saturated carbocycles. The van der Waals surface area contributed by atoms with E-state index in [1.54, 1.807) is 13.2 Å². The number of hydrogen-bond acceptors (Lipinski definition) is 5. The van der Waals surface area contributed by atoms with Crippen LogP contribution in [-0.4, -0.2) is 28.4 Å². The predicted molar refractivity (Wildman–Crippen MR) is 76.3 cm³/mol. The van der Waals surface area contributed by atoms with Crippen molar-refractivity contribution in [3.8, 4) is 17.1 Å². The lowest BCUT2D eigenvalue weighted by molar-refractivity contribution is 0.415. The van der Waals surface area contributed by atoms with Gasteiger partial charge in [0.25, 0.3) is 0 Å². The molecule has 0 bridgehead atoms. The molecule has 0 unspecified atom stereocenters. The summed E-state index contributed by atoms with van der Waals surface area (Å²) in [7, 11) is 1.62. The highest BCUT2D eigenvalue weighted by Gasteiger charge is 2.14. The van der Waals surface area contributed by atoms with Gasteiger partial charge >= 0.3 is 0 Å². The van der Waals surface area contributed by atoms with E-state index >= 15 is 0 Å². The number of hydrogen-bond donors (Lipinski definition) is 2. The number of nitrogens with one attached hydrogen (secondary N) is 1. The van der Waals surface area contributed by atoms with E-state index in [1.165, 1.54) is 0 Å². The van der Waals surface area contributed by atoms with Gasteiger partial charge in [0.15, 0.2) is 5.82 Å². The quantitative estimate of drug-likeness (QED) is 0.805. The van der Waals surface area contributed by atoms with Crippen LogP contribution in [0.1, 0.15) is 13.8 Å². The highest BCUT2D eigenvalue weighted by Crippen LogP contribution is 2.29. The molecule has 6 nitrogen and oxygen atoms in total. The van der Waals surface area contributed by atoms with Crippen molar-refractivity contribution in [1.82, 2.24) is 14.8 Å². The van der Waals surface area contributed by atoms with Gasteiger partial charge < -0.3 is 15.8 Å². The van der Waals surface area contributed by atoms with Crippen LogP contribution in [0, 0.1) is 0 Å². The molecule has 3 N–H and O–H groups in total. The van der Waals surface area contributed by atoms with Crippen LogP contribution in [0.25, 0.3) is 11.4 Å². The summed E-state index contributed by atoms with van der Waals surface area (Å²) >= 11 is 0. The molecule has 2 rings (SSSR count). The number of nitrogens with two attached hydrogens (primary N) is 1. The van der Waals surface area contributed by atoms with E-state index in [0.717, 1.165) is 36.2 Å². The Kier molecular flexibility index (Phi) is 3.89. The maximum absolute atomic E-state index is 6.05. The van der Waals surface area contributed by atoms with Crippen molar-refractivity contribution in [1.29, 1.82) is 0 Å². The second-order valence-electron chi connectivity index (χ2n) is 4.07. The second kappa shape index (κ2) is 5.60. The fraction of sp³-hybridized carbons (Fsp3) is 0.385. The normalized spacial score (nSPS) is 10.5. The summed E-state index contributed by atoms with van der Waals surface area (Å²) in [6.07, 6.45) is 0. The lowest BCUT2D eigenvalue weighted by atomic mass is 10.1. The summed E-state index contributed by atoms with van der Waals surface area (Å²) in [5, 5.41) is 11.6. The molecule has 0 aliphatic carbocycles. The molecule has 19 heavy (non-hydrogen) atoms. The van der Waals surface area contributed by atoms with Crippen molar-refractivity contribution in [2.24, 2.45) is 0 Å². The Bertz CT molecular complexity index is 564. The molecule has 0 fully saturated rings. The molecule has 0 saturated heterocycles. The van der Waals surface area contributed by atoms with E-state index in [-0.39, 0.29) is 0 Å². The molecule has 6 heteroatoms. The van der Waals surface area contributed by atoms with E-state index in [0.29, 0.717) is 5.69 Å². The van der Waals surface area contributed by atoms with Gasteiger partial charge in [0.05, 0.1) is 7.11 Å². The highest BCUT2D eigenvalue weighted by atomic mass is 16.5. The Balaban J connectivity index is 2.46. The third kappa shape index (κ3) is 2.47. The molecule has 0 amide bonds. The van der Waals surface area contributed by atoms with Crippen molar-refractivity contribution in [3.05, 3.63) is 18.2 Å². The molecule has 0 aliphatic rings. The van der Waals surface area contributed by atoms with Gasteiger partial charge in [-0.25, -0.2) is 0 Å².